The number of carboxylic acid groups (broad SMARTS) is 1. The number of methoxy groups -OCH3 is 2. The van der Waals surface area contributed by atoms with E-state index < -0.39 is 5.97 Å². The number of hydrogen-bond acceptors (Lipinski definition) is 5. The van der Waals surface area contributed by atoms with Gasteiger partial charge in [-0.3, -0.25) is 4.79 Å². The van der Waals surface area contributed by atoms with Gasteiger partial charge in [-0.2, -0.15) is 0 Å². The Morgan fingerprint density at radius 1 is 1.14 bits per heavy atom. The summed E-state index contributed by atoms with van der Waals surface area (Å²) in [5.41, 5.74) is 2.21. The molecule has 0 spiro atoms. The minimum atomic E-state index is -0.702. The van der Waals surface area contributed by atoms with E-state index in [9.17, 15) is 9.90 Å². The number of nitrogens with one attached hydrogen (secondary N) is 2. The number of piperidine rings is 1. The van der Waals surface area contributed by atoms with E-state index in [2.05, 4.69) is 22.8 Å². The van der Waals surface area contributed by atoms with Crippen LogP contribution in [0.4, 0.5) is 0 Å². The van der Waals surface area contributed by atoms with Gasteiger partial charge in [0.05, 0.1) is 20.1 Å². The molecule has 0 aromatic heterocycles. The fraction of sp³-hybridized carbons (Fsp3) is 0.435. The third-order valence-corrected chi connectivity index (χ3v) is 6.35. The summed E-state index contributed by atoms with van der Waals surface area (Å²) in [6.45, 7) is 0.620. The highest BCUT2D eigenvalue weighted by molar-refractivity contribution is 5.71. The number of benzene rings is 2. The molecule has 6 nitrogen and oxygen atoms in total. The minimum Gasteiger partial charge on any atom is -0.497 e. The third-order valence-electron chi connectivity index (χ3n) is 6.35. The molecule has 1 aliphatic heterocycles. The predicted octanol–water partition coefficient (Wildman–Crippen LogP) is 2.99. The number of fused-ring (bicyclic) bond motifs is 2. The number of carbonyl (C=O) groups is 1. The van der Waals surface area contributed by atoms with E-state index in [1.165, 1.54) is 5.56 Å². The molecule has 1 saturated carbocycles. The monoisotopic (exact) mass is 396 g/mol. The second kappa shape index (κ2) is 8.43. The summed E-state index contributed by atoms with van der Waals surface area (Å²) in [4.78, 5) is 11.7. The molecule has 2 aromatic carbocycles. The lowest BCUT2D eigenvalue weighted by molar-refractivity contribution is -0.142. The Bertz CT molecular complexity index is 857. The second-order valence-corrected chi connectivity index (χ2v) is 7.92. The van der Waals surface area contributed by atoms with Crippen LogP contribution in [0.25, 0.3) is 0 Å². The summed E-state index contributed by atoms with van der Waals surface area (Å²) in [5.74, 6) is 0.877. The Labute approximate surface area is 171 Å². The van der Waals surface area contributed by atoms with Gasteiger partial charge in [-0.15, -0.1) is 0 Å². The average molecular weight is 396 g/mol. The van der Waals surface area contributed by atoms with Crippen LogP contribution in [0.5, 0.6) is 11.5 Å². The van der Waals surface area contributed by atoms with Gasteiger partial charge in [0, 0.05) is 30.2 Å². The molecule has 29 heavy (non-hydrogen) atoms. The zero-order chi connectivity index (χ0) is 20.4. The van der Waals surface area contributed by atoms with Gasteiger partial charge in [0.2, 0.25) is 0 Å². The lowest BCUT2D eigenvalue weighted by Crippen LogP contribution is -2.52. The molecule has 1 aliphatic carbocycles. The van der Waals surface area contributed by atoms with Crippen molar-refractivity contribution in [2.24, 2.45) is 11.8 Å². The highest BCUT2D eigenvalue weighted by Gasteiger charge is 2.49. The van der Waals surface area contributed by atoms with Gasteiger partial charge in [-0.1, -0.05) is 30.3 Å². The van der Waals surface area contributed by atoms with Crippen LogP contribution in [0, 0.1) is 11.8 Å². The molecule has 2 aromatic rings. The van der Waals surface area contributed by atoms with E-state index in [0.29, 0.717) is 18.9 Å². The van der Waals surface area contributed by atoms with E-state index in [4.69, 9.17) is 9.47 Å². The van der Waals surface area contributed by atoms with Crippen molar-refractivity contribution in [3.63, 3.8) is 0 Å². The zero-order valence-corrected chi connectivity index (χ0v) is 16.8. The summed E-state index contributed by atoms with van der Waals surface area (Å²) in [6.07, 6.45) is 1.58. The van der Waals surface area contributed by atoms with Crippen molar-refractivity contribution in [1.82, 2.24) is 10.6 Å². The van der Waals surface area contributed by atoms with E-state index in [1.54, 1.807) is 14.2 Å². The number of rotatable bonds is 7. The van der Waals surface area contributed by atoms with Crippen LogP contribution >= 0.6 is 0 Å². The van der Waals surface area contributed by atoms with Crippen LogP contribution in [-0.4, -0.2) is 37.4 Å². The van der Waals surface area contributed by atoms with Crippen LogP contribution in [-0.2, 0) is 11.3 Å². The summed E-state index contributed by atoms with van der Waals surface area (Å²) in [6, 6.07) is 16.3. The third kappa shape index (κ3) is 3.95. The van der Waals surface area contributed by atoms with Crippen molar-refractivity contribution in [3.8, 4) is 11.5 Å². The molecule has 3 N–H and O–H groups in total. The maximum Gasteiger partial charge on any atom is 0.308 e. The molecule has 4 rings (SSSR count). The van der Waals surface area contributed by atoms with Crippen LogP contribution in [0.3, 0.4) is 0 Å². The molecule has 2 fully saturated rings. The highest BCUT2D eigenvalue weighted by atomic mass is 16.5. The van der Waals surface area contributed by atoms with Crippen molar-refractivity contribution in [2.45, 2.75) is 37.5 Å². The van der Waals surface area contributed by atoms with Crippen LogP contribution < -0.4 is 20.1 Å². The number of carboxylic acids is 1. The molecule has 0 amide bonds. The molecule has 2 aliphatic rings. The van der Waals surface area contributed by atoms with Gasteiger partial charge in [0.15, 0.2) is 0 Å². The first-order valence-electron chi connectivity index (χ1n) is 10.1. The lowest BCUT2D eigenvalue weighted by atomic mass is 9.84. The summed E-state index contributed by atoms with van der Waals surface area (Å²) in [5, 5.41) is 17.0. The van der Waals surface area contributed by atoms with Gasteiger partial charge >= 0.3 is 5.97 Å². The molecular formula is C23H28N2O4. The van der Waals surface area contributed by atoms with Crippen molar-refractivity contribution >= 4 is 5.97 Å². The molecule has 1 saturated heterocycles. The smallest absolute Gasteiger partial charge is 0.308 e. The molecule has 5 atom stereocenters. The van der Waals surface area contributed by atoms with Crippen molar-refractivity contribution in [3.05, 3.63) is 59.7 Å². The minimum absolute atomic E-state index is 0.0205. The maximum absolute atomic E-state index is 11.7. The summed E-state index contributed by atoms with van der Waals surface area (Å²) in [7, 11) is 3.32. The quantitative estimate of drug-likeness (QED) is 0.668. The Kier molecular flexibility index (Phi) is 5.74. The largest absolute Gasteiger partial charge is 0.497 e. The Balaban J connectivity index is 1.59. The van der Waals surface area contributed by atoms with Crippen molar-refractivity contribution < 1.29 is 19.4 Å². The number of aliphatic carboxylic acids is 1. The van der Waals surface area contributed by atoms with Crippen LogP contribution in [0.15, 0.2) is 48.5 Å². The fourth-order valence-corrected chi connectivity index (χ4v) is 4.93. The standard InChI is InChI=1S/C23H28N2O4/c1-28-17-8-9-20(29-2)16(10-17)13-24-21-15-11-18(23(26)27)19(12-15)25-22(21)14-6-4-3-5-7-14/h3-10,15,18-19,21-22,24-25H,11-13H2,1-2H3,(H,26,27). The molecule has 2 bridgehead atoms. The average Bonchev–Trinajstić information content (AvgIpc) is 3.11. The topological polar surface area (TPSA) is 79.8 Å². The lowest BCUT2D eigenvalue weighted by Gasteiger charge is -2.39. The molecule has 1 heterocycles. The van der Waals surface area contributed by atoms with Gasteiger partial charge < -0.3 is 25.2 Å². The summed E-state index contributed by atoms with van der Waals surface area (Å²) >= 11 is 0. The molecule has 5 unspecified atom stereocenters. The highest BCUT2D eigenvalue weighted by Crippen LogP contribution is 2.43. The normalized spacial score (nSPS) is 28.1. The molecule has 154 valence electrons. The molecule has 0 radical (unpaired) electrons. The number of hydrogen-bond donors (Lipinski definition) is 3. The molecule has 6 heteroatoms. The van der Waals surface area contributed by atoms with E-state index in [-0.39, 0.29) is 24.0 Å². The first-order valence-corrected chi connectivity index (χ1v) is 10.1. The van der Waals surface area contributed by atoms with E-state index in [0.717, 1.165) is 23.5 Å². The van der Waals surface area contributed by atoms with Gasteiger partial charge in [0.1, 0.15) is 11.5 Å². The first-order chi connectivity index (χ1) is 14.1. The Morgan fingerprint density at radius 2 is 1.93 bits per heavy atom. The van der Waals surface area contributed by atoms with Gasteiger partial charge in [0.25, 0.3) is 0 Å². The van der Waals surface area contributed by atoms with Crippen LogP contribution in [0.2, 0.25) is 0 Å². The fourth-order valence-electron chi connectivity index (χ4n) is 4.93. The first kappa shape index (κ1) is 19.7. The Morgan fingerprint density at radius 3 is 2.62 bits per heavy atom. The zero-order valence-electron chi connectivity index (χ0n) is 16.8. The maximum atomic E-state index is 11.7. The van der Waals surface area contributed by atoms with Crippen molar-refractivity contribution in [1.29, 1.82) is 0 Å². The van der Waals surface area contributed by atoms with Gasteiger partial charge in [-0.05, 0) is 42.5 Å². The predicted molar refractivity (Wildman–Crippen MR) is 110 cm³/mol. The number of ether oxygens (including phenoxy) is 2. The SMILES string of the molecule is COc1ccc(OC)c(CNC2C3CC(NC2c2ccccc2)C(C(=O)O)C3)c1. The summed E-state index contributed by atoms with van der Waals surface area (Å²) < 4.78 is 10.9. The Hall–Kier alpha value is -2.57. The van der Waals surface area contributed by atoms with Gasteiger partial charge in [-0.25, -0.2) is 0 Å². The van der Waals surface area contributed by atoms with E-state index >= 15 is 0 Å². The van der Waals surface area contributed by atoms with Crippen molar-refractivity contribution in [2.75, 3.05) is 14.2 Å². The van der Waals surface area contributed by atoms with E-state index in [1.807, 2.05) is 36.4 Å². The second-order valence-electron chi connectivity index (χ2n) is 7.92. The van der Waals surface area contributed by atoms with Crippen LogP contribution in [0.1, 0.15) is 30.0 Å². The molecular weight excluding hydrogens is 368 g/mol.